The molecule has 1 heterocycles. The second-order valence-electron chi connectivity index (χ2n) is 6.59. The number of carbonyl (C=O) groups is 1. The van der Waals surface area contributed by atoms with E-state index in [0.717, 1.165) is 12.1 Å². The summed E-state index contributed by atoms with van der Waals surface area (Å²) in [7, 11) is 1.57. The van der Waals surface area contributed by atoms with Gasteiger partial charge < -0.3 is 10.1 Å². The first-order chi connectivity index (χ1) is 14.1. The Morgan fingerprint density at radius 1 is 1.21 bits per heavy atom. The number of methoxy groups -OCH3 is 1. The number of hydrogen-bond acceptors (Lipinski definition) is 6. The Morgan fingerprint density at radius 3 is 2.69 bits per heavy atom. The third kappa shape index (κ3) is 5.35. The maximum Gasteiger partial charge on any atom is 0.237 e. The van der Waals surface area contributed by atoms with E-state index in [1.807, 2.05) is 31.2 Å². The zero-order chi connectivity index (χ0) is 20.6. The molecule has 0 aliphatic heterocycles. The maximum absolute atomic E-state index is 12.6. The lowest BCUT2D eigenvalue weighted by Crippen LogP contribution is -2.23. The summed E-state index contributed by atoms with van der Waals surface area (Å²) in [5.74, 6) is 0.468. The van der Waals surface area contributed by atoms with E-state index in [1.54, 1.807) is 23.9 Å². The van der Waals surface area contributed by atoms with Crippen molar-refractivity contribution < 1.29 is 9.53 Å². The van der Waals surface area contributed by atoms with Gasteiger partial charge >= 0.3 is 0 Å². The Hall–Kier alpha value is -2.87. The van der Waals surface area contributed by atoms with Crippen molar-refractivity contribution in [3.05, 3.63) is 54.1 Å². The van der Waals surface area contributed by atoms with Gasteiger partial charge in [-0.3, -0.25) is 4.79 Å². The fourth-order valence-corrected chi connectivity index (χ4v) is 3.60. The van der Waals surface area contributed by atoms with Gasteiger partial charge in [0.05, 0.1) is 23.7 Å². The van der Waals surface area contributed by atoms with Gasteiger partial charge in [-0.2, -0.15) is 4.68 Å². The molecule has 0 bridgehead atoms. The van der Waals surface area contributed by atoms with Crippen LogP contribution in [0.4, 0.5) is 5.69 Å². The molecule has 0 saturated carbocycles. The molecule has 1 aromatic heterocycles. The minimum Gasteiger partial charge on any atom is -0.495 e. The number of tetrazole rings is 1. The number of unbranched alkanes of at least 4 members (excludes halogenated alkanes) is 1. The Kier molecular flexibility index (Phi) is 7.24. The number of aryl methyl sites for hydroxylation is 1. The highest BCUT2D eigenvalue weighted by molar-refractivity contribution is 8.00. The van der Waals surface area contributed by atoms with E-state index in [-0.39, 0.29) is 5.91 Å². The molecule has 0 aliphatic rings. The average Bonchev–Trinajstić information content (AvgIpc) is 3.21. The van der Waals surface area contributed by atoms with Crippen molar-refractivity contribution in [3.63, 3.8) is 0 Å². The molecular formula is C21H25N5O2S. The second kappa shape index (κ2) is 10.1. The number of ether oxygens (including phenoxy) is 1. The molecule has 1 atom stereocenters. The normalized spacial score (nSPS) is 11.8. The number of nitrogens with zero attached hydrogens (tertiary/aromatic N) is 4. The lowest BCUT2D eigenvalue weighted by Gasteiger charge is -2.14. The van der Waals surface area contributed by atoms with Crippen LogP contribution in [0.5, 0.6) is 5.75 Å². The van der Waals surface area contributed by atoms with E-state index in [9.17, 15) is 4.79 Å². The molecule has 3 rings (SSSR count). The summed E-state index contributed by atoms with van der Waals surface area (Å²) in [6.45, 7) is 4.01. The summed E-state index contributed by atoms with van der Waals surface area (Å²) in [4.78, 5) is 12.6. The Balaban J connectivity index is 1.68. The summed E-state index contributed by atoms with van der Waals surface area (Å²) in [6, 6.07) is 15.5. The molecule has 0 saturated heterocycles. The van der Waals surface area contributed by atoms with E-state index in [1.165, 1.54) is 30.2 Å². The number of thioether (sulfide) groups is 1. The topological polar surface area (TPSA) is 81.9 Å². The first-order valence-electron chi connectivity index (χ1n) is 9.60. The number of hydrogen-bond donors (Lipinski definition) is 1. The summed E-state index contributed by atoms with van der Waals surface area (Å²) < 4.78 is 6.94. The monoisotopic (exact) mass is 411 g/mol. The van der Waals surface area contributed by atoms with Crippen LogP contribution in [0.1, 0.15) is 32.3 Å². The van der Waals surface area contributed by atoms with Crippen molar-refractivity contribution in [2.75, 3.05) is 12.4 Å². The Labute approximate surface area is 174 Å². The SMILES string of the molecule is CCCCc1ccc(-n2nnnc2SC(C)C(=O)Nc2ccccc2OC)cc1. The predicted molar refractivity (Wildman–Crippen MR) is 115 cm³/mol. The third-order valence-electron chi connectivity index (χ3n) is 4.46. The van der Waals surface area contributed by atoms with Crippen LogP contribution in [-0.4, -0.2) is 38.5 Å². The van der Waals surface area contributed by atoms with Crippen LogP contribution >= 0.6 is 11.8 Å². The lowest BCUT2D eigenvalue weighted by atomic mass is 10.1. The number of amides is 1. The third-order valence-corrected chi connectivity index (χ3v) is 5.49. The van der Waals surface area contributed by atoms with Crippen LogP contribution in [-0.2, 0) is 11.2 Å². The fraction of sp³-hybridized carbons (Fsp3) is 0.333. The molecule has 0 spiro atoms. The zero-order valence-corrected chi connectivity index (χ0v) is 17.6. The number of anilines is 1. The Bertz CT molecular complexity index is 942. The van der Waals surface area contributed by atoms with E-state index < -0.39 is 5.25 Å². The van der Waals surface area contributed by atoms with Crippen LogP contribution in [0.2, 0.25) is 0 Å². The smallest absolute Gasteiger partial charge is 0.237 e. The van der Waals surface area contributed by atoms with E-state index in [2.05, 4.69) is 39.9 Å². The van der Waals surface area contributed by atoms with Gasteiger partial charge in [0.25, 0.3) is 0 Å². The highest BCUT2D eigenvalue weighted by atomic mass is 32.2. The fourth-order valence-electron chi connectivity index (χ4n) is 2.79. The summed E-state index contributed by atoms with van der Waals surface area (Å²) in [6.07, 6.45) is 3.41. The van der Waals surface area contributed by atoms with Crippen molar-refractivity contribution in [1.29, 1.82) is 0 Å². The molecule has 2 aromatic carbocycles. The number of carbonyl (C=O) groups excluding carboxylic acids is 1. The largest absolute Gasteiger partial charge is 0.495 e. The van der Waals surface area contributed by atoms with Crippen molar-refractivity contribution in [1.82, 2.24) is 20.2 Å². The van der Waals surface area contributed by atoms with Crippen molar-refractivity contribution in [2.24, 2.45) is 0 Å². The van der Waals surface area contributed by atoms with Gasteiger partial charge in [0.15, 0.2) is 0 Å². The molecule has 0 aliphatic carbocycles. The molecule has 7 nitrogen and oxygen atoms in total. The lowest BCUT2D eigenvalue weighted by molar-refractivity contribution is -0.115. The summed E-state index contributed by atoms with van der Waals surface area (Å²) in [5, 5.41) is 15.0. The highest BCUT2D eigenvalue weighted by Crippen LogP contribution is 2.27. The van der Waals surface area contributed by atoms with Crippen molar-refractivity contribution in [2.45, 2.75) is 43.5 Å². The number of benzene rings is 2. The zero-order valence-electron chi connectivity index (χ0n) is 16.8. The number of aromatic nitrogens is 4. The van der Waals surface area contributed by atoms with Crippen LogP contribution in [0.3, 0.4) is 0 Å². The molecule has 3 aromatic rings. The number of rotatable bonds is 9. The van der Waals surface area contributed by atoms with Gasteiger partial charge in [-0.15, -0.1) is 5.10 Å². The van der Waals surface area contributed by atoms with Crippen molar-refractivity contribution in [3.8, 4) is 11.4 Å². The van der Waals surface area contributed by atoms with Gasteiger partial charge in [0.1, 0.15) is 5.75 Å². The van der Waals surface area contributed by atoms with Gasteiger partial charge in [-0.1, -0.05) is 49.4 Å². The maximum atomic E-state index is 12.6. The molecule has 1 unspecified atom stereocenters. The minimum absolute atomic E-state index is 0.149. The van der Waals surface area contributed by atoms with E-state index >= 15 is 0 Å². The average molecular weight is 412 g/mol. The molecule has 0 radical (unpaired) electrons. The van der Waals surface area contributed by atoms with Gasteiger partial charge in [-0.05, 0) is 60.0 Å². The highest BCUT2D eigenvalue weighted by Gasteiger charge is 2.20. The van der Waals surface area contributed by atoms with E-state index in [4.69, 9.17) is 4.74 Å². The van der Waals surface area contributed by atoms with Crippen LogP contribution in [0.15, 0.2) is 53.7 Å². The quantitative estimate of drug-likeness (QED) is 0.533. The Morgan fingerprint density at radius 2 is 1.97 bits per heavy atom. The first kappa shape index (κ1) is 20.9. The van der Waals surface area contributed by atoms with Crippen LogP contribution in [0.25, 0.3) is 5.69 Å². The van der Waals surface area contributed by atoms with Gasteiger partial charge in [-0.25, -0.2) is 0 Å². The summed E-state index contributed by atoms with van der Waals surface area (Å²) >= 11 is 1.30. The number of nitrogens with one attached hydrogen (secondary N) is 1. The molecule has 8 heteroatoms. The van der Waals surface area contributed by atoms with Gasteiger partial charge in [0.2, 0.25) is 11.1 Å². The van der Waals surface area contributed by atoms with E-state index in [0.29, 0.717) is 16.6 Å². The molecule has 29 heavy (non-hydrogen) atoms. The predicted octanol–water partition coefficient (Wildman–Crippen LogP) is 4.13. The standard InChI is InChI=1S/C21H25N5O2S/c1-4-5-8-16-11-13-17(14-12-16)26-21(23-24-25-26)29-15(2)20(27)22-18-9-6-7-10-19(18)28-3/h6-7,9-15H,4-5,8H2,1-3H3,(H,22,27). The van der Waals surface area contributed by atoms with Crippen LogP contribution < -0.4 is 10.1 Å². The molecule has 1 N–H and O–H groups in total. The molecular weight excluding hydrogens is 386 g/mol. The van der Waals surface area contributed by atoms with Crippen LogP contribution in [0, 0.1) is 0 Å². The molecule has 152 valence electrons. The molecule has 1 amide bonds. The van der Waals surface area contributed by atoms with Crippen molar-refractivity contribution >= 4 is 23.4 Å². The number of para-hydroxylation sites is 2. The van der Waals surface area contributed by atoms with Gasteiger partial charge in [0, 0.05) is 0 Å². The second-order valence-corrected chi connectivity index (χ2v) is 7.90. The summed E-state index contributed by atoms with van der Waals surface area (Å²) in [5.41, 5.74) is 2.80. The minimum atomic E-state index is -0.395. The molecule has 0 fully saturated rings. The first-order valence-corrected chi connectivity index (χ1v) is 10.5.